The SMILES string of the molecule is CN(C(=O)C1(CO)CCC1)c1cc(Br)ccc1F. The summed E-state index contributed by atoms with van der Waals surface area (Å²) in [6, 6.07) is 4.47. The summed E-state index contributed by atoms with van der Waals surface area (Å²) >= 11 is 3.26. The molecule has 3 nitrogen and oxygen atoms in total. The maximum Gasteiger partial charge on any atom is 0.235 e. The summed E-state index contributed by atoms with van der Waals surface area (Å²) in [6.45, 7) is -0.175. The molecule has 18 heavy (non-hydrogen) atoms. The van der Waals surface area contributed by atoms with Crippen LogP contribution in [0.5, 0.6) is 0 Å². The molecule has 1 saturated carbocycles. The van der Waals surface area contributed by atoms with E-state index in [-0.39, 0.29) is 18.2 Å². The summed E-state index contributed by atoms with van der Waals surface area (Å²) < 4.78 is 14.4. The van der Waals surface area contributed by atoms with Gasteiger partial charge in [-0.15, -0.1) is 0 Å². The van der Waals surface area contributed by atoms with Gasteiger partial charge in [-0.2, -0.15) is 0 Å². The molecule has 1 fully saturated rings. The third kappa shape index (κ3) is 2.17. The van der Waals surface area contributed by atoms with Crippen LogP contribution in [-0.4, -0.2) is 24.7 Å². The number of carbonyl (C=O) groups is 1. The second-order valence-corrected chi connectivity index (χ2v) is 5.67. The van der Waals surface area contributed by atoms with E-state index in [0.29, 0.717) is 17.3 Å². The summed E-state index contributed by atoms with van der Waals surface area (Å²) in [4.78, 5) is 13.6. The molecule has 1 amide bonds. The minimum atomic E-state index is -0.705. The standard InChI is InChI=1S/C13H15BrFNO2/c1-16(11-7-9(14)3-4-10(11)15)12(18)13(8-17)5-2-6-13/h3-4,7,17H,2,5-6,8H2,1H3. The van der Waals surface area contributed by atoms with Crippen LogP contribution >= 0.6 is 15.9 Å². The average molecular weight is 316 g/mol. The number of carbonyl (C=O) groups excluding carboxylic acids is 1. The maximum absolute atomic E-state index is 13.7. The van der Waals surface area contributed by atoms with E-state index < -0.39 is 11.2 Å². The molecular weight excluding hydrogens is 301 g/mol. The number of halogens is 2. The maximum atomic E-state index is 13.7. The van der Waals surface area contributed by atoms with E-state index in [2.05, 4.69) is 15.9 Å². The number of aliphatic hydroxyl groups excluding tert-OH is 1. The van der Waals surface area contributed by atoms with Crippen LogP contribution in [0.2, 0.25) is 0 Å². The fourth-order valence-electron chi connectivity index (χ4n) is 2.25. The Morgan fingerprint density at radius 1 is 1.56 bits per heavy atom. The molecule has 0 bridgehead atoms. The summed E-state index contributed by atoms with van der Waals surface area (Å²) in [5.74, 6) is -0.658. The number of benzene rings is 1. The first-order valence-electron chi connectivity index (χ1n) is 5.84. The second-order valence-electron chi connectivity index (χ2n) is 4.75. The zero-order valence-corrected chi connectivity index (χ0v) is 11.7. The first kappa shape index (κ1) is 13.5. The Balaban J connectivity index is 2.28. The molecule has 5 heteroatoms. The topological polar surface area (TPSA) is 40.5 Å². The van der Waals surface area contributed by atoms with Crippen molar-refractivity contribution in [2.45, 2.75) is 19.3 Å². The van der Waals surface area contributed by atoms with Gasteiger partial charge in [0.15, 0.2) is 0 Å². The predicted molar refractivity (Wildman–Crippen MR) is 70.9 cm³/mol. The molecule has 2 rings (SSSR count). The van der Waals surface area contributed by atoms with Crippen LogP contribution in [0.3, 0.4) is 0 Å². The number of aliphatic hydroxyl groups is 1. The molecule has 0 unspecified atom stereocenters. The summed E-state index contributed by atoms with van der Waals surface area (Å²) in [6.07, 6.45) is 2.27. The smallest absolute Gasteiger partial charge is 0.235 e. The number of hydrogen-bond donors (Lipinski definition) is 1. The van der Waals surface area contributed by atoms with Gasteiger partial charge in [-0.05, 0) is 31.0 Å². The first-order valence-corrected chi connectivity index (χ1v) is 6.63. The minimum Gasteiger partial charge on any atom is -0.395 e. The van der Waals surface area contributed by atoms with Gasteiger partial charge in [0, 0.05) is 11.5 Å². The molecule has 1 aliphatic carbocycles. The zero-order chi connectivity index (χ0) is 13.3. The van der Waals surface area contributed by atoms with Gasteiger partial charge in [-0.3, -0.25) is 4.79 Å². The van der Waals surface area contributed by atoms with Crippen molar-refractivity contribution in [1.29, 1.82) is 0 Å². The Morgan fingerprint density at radius 2 is 2.22 bits per heavy atom. The Kier molecular flexibility index (Phi) is 3.73. The van der Waals surface area contributed by atoms with Crippen molar-refractivity contribution in [2.75, 3.05) is 18.6 Å². The molecule has 0 saturated heterocycles. The van der Waals surface area contributed by atoms with E-state index in [9.17, 15) is 14.3 Å². The van der Waals surface area contributed by atoms with Crippen LogP contribution in [0.1, 0.15) is 19.3 Å². The van der Waals surface area contributed by atoms with Crippen LogP contribution in [-0.2, 0) is 4.79 Å². The number of hydrogen-bond acceptors (Lipinski definition) is 2. The van der Waals surface area contributed by atoms with Crippen LogP contribution in [0.25, 0.3) is 0 Å². The van der Waals surface area contributed by atoms with Crippen molar-refractivity contribution in [2.24, 2.45) is 5.41 Å². The Hall–Kier alpha value is -0.940. The number of rotatable bonds is 3. The van der Waals surface area contributed by atoms with Crippen LogP contribution in [0.15, 0.2) is 22.7 Å². The molecular formula is C13H15BrFNO2. The highest BCUT2D eigenvalue weighted by atomic mass is 79.9. The Labute approximate surface area is 114 Å². The zero-order valence-electron chi connectivity index (χ0n) is 10.1. The van der Waals surface area contributed by atoms with E-state index in [4.69, 9.17) is 0 Å². The monoisotopic (exact) mass is 315 g/mol. The fraction of sp³-hybridized carbons (Fsp3) is 0.462. The van der Waals surface area contributed by atoms with Crippen molar-refractivity contribution in [3.63, 3.8) is 0 Å². The van der Waals surface area contributed by atoms with Gasteiger partial charge in [-0.25, -0.2) is 4.39 Å². The van der Waals surface area contributed by atoms with Gasteiger partial charge >= 0.3 is 0 Å². The van der Waals surface area contributed by atoms with E-state index in [1.165, 1.54) is 11.0 Å². The lowest BCUT2D eigenvalue weighted by atomic mass is 9.68. The molecule has 0 aliphatic heterocycles. The molecule has 1 aromatic carbocycles. The molecule has 98 valence electrons. The average Bonchev–Trinajstić information content (AvgIpc) is 2.30. The van der Waals surface area contributed by atoms with Gasteiger partial charge in [0.2, 0.25) is 5.91 Å². The molecule has 0 heterocycles. The van der Waals surface area contributed by atoms with E-state index in [1.807, 2.05) is 0 Å². The lowest BCUT2D eigenvalue weighted by molar-refractivity contribution is -0.136. The van der Waals surface area contributed by atoms with Crippen LogP contribution in [0.4, 0.5) is 10.1 Å². The van der Waals surface area contributed by atoms with Crippen molar-refractivity contribution in [1.82, 2.24) is 0 Å². The third-order valence-electron chi connectivity index (χ3n) is 3.64. The van der Waals surface area contributed by atoms with Gasteiger partial charge in [-0.1, -0.05) is 22.4 Å². The van der Waals surface area contributed by atoms with Crippen molar-refractivity contribution >= 4 is 27.5 Å². The minimum absolute atomic E-state index is 0.175. The fourth-order valence-corrected chi connectivity index (χ4v) is 2.60. The van der Waals surface area contributed by atoms with Gasteiger partial charge in [0.25, 0.3) is 0 Å². The lowest BCUT2D eigenvalue weighted by Crippen LogP contribution is -2.49. The molecule has 0 radical (unpaired) electrons. The molecule has 1 aliphatic rings. The summed E-state index contributed by atoms with van der Waals surface area (Å²) in [5.41, 5.74) is -0.474. The van der Waals surface area contributed by atoms with Crippen molar-refractivity contribution in [3.05, 3.63) is 28.5 Å². The third-order valence-corrected chi connectivity index (χ3v) is 4.13. The Morgan fingerprint density at radius 3 is 2.72 bits per heavy atom. The van der Waals surface area contributed by atoms with Crippen molar-refractivity contribution < 1.29 is 14.3 Å². The number of nitrogens with zero attached hydrogens (tertiary/aromatic N) is 1. The summed E-state index contributed by atoms with van der Waals surface area (Å²) in [7, 11) is 1.54. The normalized spacial score (nSPS) is 17.1. The van der Waals surface area contributed by atoms with Crippen LogP contribution in [0, 0.1) is 11.2 Å². The largest absolute Gasteiger partial charge is 0.395 e. The highest BCUT2D eigenvalue weighted by Crippen LogP contribution is 2.42. The second kappa shape index (κ2) is 4.97. The Bertz CT molecular complexity index is 469. The molecule has 1 N–H and O–H groups in total. The molecule has 0 spiro atoms. The van der Waals surface area contributed by atoms with E-state index in [1.54, 1.807) is 19.2 Å². The van der Waals surface area contributed by atoms with Gasteiger partial charge in [0.1, 0.15) is 5.82 Å². The predicted octanol–water partition coefficient (Wildman–Crippen LogP) is 2.71. The summed E-state index contributed by atoms with van der Waals surface area (Å²) in [5, 5.41) is 9.38. The molecule has 0 aromatic heterocycles. The highest BCUT2D eigenvalue weighted by molar-refractivity contribution is 9.10. The molecule has 0 atom stereocenters. The van der Waals surface area contributed by atoms with Crippen molar-refractivity contribution in [3.8, 4) is 0 Å². The highest BCUT2D eigenvalue weighted by Gasteiger charge is 2.45. The van der Waals surface area contributed by atoms with Crippen LogP contribution < -0.4 is 4.90 Å². The number of amides is 1. The first-order chi connectivity index (χ1) is 8.50. The lowest BCUT2D eigenvalue weighted by Gasteiger charge is -2.41. The van der Waals surface area contributed by atoms with Gasteiger partial charge in [0.05, 0.1) is 17.7 Å². The molecule has 1 aromatic rings. The van der Waals surface area contributed by atoms with Gasteiger partial charge < -0.3 is 10.0 Å². The quantitative estimate of drug-likeness (QED) is 0.931. The number of anilines is 1. The van der Waals surface area contributed by atoms with E-state index >= 15 is 0 Å². The van der Waals surface area contributed by atoms with E-state index in [0.717, 1.165) is 6.42 Å².